The van der Waals surface area contributed by atoms with Crippen LogP contribution >= 0.6 is 11.6 Å². The molecule has 0 heterocycles. The molecule has 0 bridgehead atoms. The van der Waals surface area contributed by atoms with Crippen molar-refractivity contribution < 1.29 is 13.2 Å². The molecule has 0 aliphatic heterocycles. The second-order valence-electron chi connectivity index (χ2n) is 2.95. The minimum atomic E-state index is -4.38. The number of rotatable bonds is 2. The Morgan fingerprint density at radius 2 is 2.07 bits per heavy atom. The number of alkyl halides is 4. The SMILES string of the molecule is N#CCC(Cl)c1cccc(C(F)(F)F)c1. The molecule has 1 aromatic carbocycles. The number of halogens is 4. The van der Waals surface area contributed by atoms with E-state index >= 15 is 0 Å². The van der Waals surface area contributed by atoms with Crippen molar-refractivity contribution in [3.05, 3.63) is 35.4 Å². The van der Waals surface area contributed by atoms with Gasteiger partial charge in [0.15, 0.2) is 0 Å². The van der Waals surface area contributed by atoms with Crippen molar-refractivity contribution in [2.75, 3.05) is 0 Å². The first-order valence-electron chi connectivity index (χ1n) is 4.13. The highest BCUT2D eigenvalue weighted by molar-refractivity contribution is 6.20. The van der Waals surface area contributed by atoms with Crippen LogP contribution in [0.2, 0.25) is 0 Å². The molecule has 0 aromatic heterocycles. The lowest BCUT2D eigenvalue weighted by Crippen LogP contribution is -2.05. The van der Waals surface area contributed by atoms with Gasteiger partial charge in [0.25, 0.3) is 0 Å². The fraction of sp³-hybridized carbons (Fsp3) is 0.300. The van der Waals surface area contributed by atoms with Crippen molar-refractivity contribution in [3.8, 4) is 6.07 Å². The molecular formula is C10H7ClF3N. The summed E-state index contributed by atoms with van der Waals surface area (Å²) < 4.78 is 36.9. The van der Waals surface area contributed by atoms with Crippen LogP contribution in [0, 0.1) is 11.3 Å². The van der Waals surface area contributed by atoms with Gasteiger partial charge in [-0.15, -0.1) is 11.6 Å². The number of benzene rings is 1. The molecule has 0 N–H and O–H groups in total. The number of nitrogens with zero attached hydrogens (tertiary/aromatic N) is 1. The van der Waals surface area contributed by atoms with E-state index in [1.807, 2.05) is 6.07 Å². The summed E-state index contributed by atoms with van der Waals surface area (Å²) in [4.78, 5) is 0. The Morgan fingerprint density at radius 3 is 2.60 bits per heavy atom. The molecular weight excluding hydrogens is 227 g/mol. The van der Waals surface area contributed by atoms with Gasteiger partial charge < -0.3 is 0 Å². The Kier molecular flexibility index (Phi) is 3.59. The lowest BCUT2D eigenvalue weighted by Gasteiger charge is -2.10. The quantitative estimate of drug-likeness (QED) is 0.711. The highest BCUT2D eigenvalue weighted by Gasteiger charge is 2.30. The van der Waals surface area contributed by atoms with E-state index in [9.17, 15) is 13.2 Å². The Hall–Kier alpha value is -1.21. The van der Waals surface area contributed by atoms with Gasteiger partial charge in [0.05, 0.1) is 23.4 Å². The van der Waals surface area contributed by atoms with Crippen LogP contribution in [-0.4, -0.2) is 0 Å². The Bertz CT molecular complexity index is 381. The largest absolute Gasteiger partial charge is 0.416 e. The number of hydrogen-bond donors (Lipinski definition) is 0. The maximum atomic E-state index is 12.3. The summed E-state index contributed by atoms with van der Waals surface area (Å²) in [6.07, 6.45) is -4.39. The summed E-state index contributed by atoms with van der Waals surface area (Å²) in [5, 5.41) is 7.67. The summed E-state index contributed by atoms with van der Waals surface area (Å²) in [5.41, 5.74) is -0.434. The van der Waals surface area contributed by atoms with Gasteiger partial charge in [-0.05, 0) is 11.6 Å². The van der Waals surface area contributed by atoms with Gasteiger partial charge in [0, 0.05) is 0 Å². The topological polar surface area (TPSA) is 23.8 Å². The van der Waals surface area contributed by atoms with Gasteiger partial charge in [-0.25, -0.2) is 0 Å². The third kappa shape index (κ3) is 3.14. The minimum absolute atomic E-state index is 0.0110. The first kappa shape index (κ1) is 11.9. The maximum absolute atomic E-state index is 12.3. The standard InChI is InChI=1S/C10H7ClF3N/c11-9(4-5-15)7-2-1-3-8(6-7)10(12,13)14/h1-3,6,9H,4H2. The van der Waals surface area contributed by atoms with Crippen LogP contribution < -0.4 is 0 Å². The molecule has 0 saturated heterocycles. The van der Waals surface area contributed by atoms with E-state index < -0.39 is 17.1 Å². The van der Waals surface area contributed by atoms with E-state index in [4.69, 9.17) is 16.9 Å². The Morgan fingerprint density at radius 1 is 1.40 bits per heavy atom. The van der Waals surface area contributed by atoms with E-state index in [-0.39, 0.29) is 6.42 Å². The number of hydrogen-bond acceptors (Lipinski definition) is 1. The van der Waals surface area contributed by atoms with Gasteiger partial charge in [0.1, 0.15) is 0 Å². The average Bonchev–Trinajstić information content (AvgIpc) is 2.17. The zero-order chi connectivity index (χ0) is 11.5. The van der Waals surface area contributed by atoms with Crippen LogP contribution in [0.25, 0.3) is 0 Å². The summed E-state index contributed by atoms with van der Waals surface area (Å²) in [5.74, 6) is 0. The van der Waals surface area contributed by atoms with Gasteiger partial charge in [-0.1, -0.05) is 18.2 Å². The van der Waals surface area contributed by atoms with Crippen molar-refractivity contribution in [2.45, 2.75) is 18.0 Å². The summed E-state index contributed by atoms with van der Waals surface area (Å²) in [6, 6.07) is 6.51. The molecule has 1 unspecified atom stereocenters. The van der Waals surface area contributed by atoms with E-state index in [0.717, 1.165) is 12.1 Å². The lowest BCUT2D eigenvalue weighted by molar-refractivity contribution is -0.137. The minimum Gasteiger partial charge on any atom is -0.198 e. The molecule has 0 amide bonds. The number of nitriles is 1. The van der Waals surface area contributed by atoms with Crippen LogP contribution in [0.15, 0.2) is 24.3 Å². The van der Waals surface area contributed by atoms with Crippen LogP contribution in [0.3, 0.4) is 0 Å². The van der Waals surface area contributed by atoms with Gasteiger partial charge in [0.2, 0.25) is 0 Å². The molecule has 80 valence electrons. The highest BCUT2D eigenvalue weighted by atomic mass is 35.5. The maximum Gasteiger partial charge on any atom is 0.416 e. The van der Waals surface area contributed by atoms with Crippen molar-refractivity contribution >= 4 is 11.6 Å². The first-order chi connectivity index (χ1) is 6.95. The fourth-order valence-electron chi connectivity index (χ4n) is 1.11. The molecule has 1 atom stereocenters. The third-order valence-corrected chi connectivity index (χ3v) is 2.25. The Labute approximate surface area is 90.1 Å². The molecule has 5 heteroatoms. The van der Waals surface area contributed by atoms with E-state index in [2.05, 4.69) is 0 Å². The van der Waals surface area contributed by atoms with Crippen LogP contribution in [0.1, 0.15) is 22.9 Å². The zero-order valence-electron chi connectivity index (χ0n) is 7.55. The van der Waals surface area contributed by atoms with Crippen molar-refractivity contribution in [2.24, 2.45) is 0 Å². The lowest BCUT2D eigenvalue weighted by atomic mass is 10.1. The molecule has 1 nitrogen and oxygen atoms in total. The molecule has 0 saturated carbocycles. The van der Waals surface area contributed by atoms with E-state index in [1.165, 1.54) is 12.1 Å². The molecule has 0 aliphatic rings. The van der Waals surface area contributed by atoms with Crippen LogP contribution in [0.4, 0.5) is 13.2 Å². The van der Waals surface area contributed by atoms with Crippen molar-refractivity contribution in [1.29, 1.82) is 5.26 Å². The van der Waals surface area contributed by atoms with E-state index in [0.29, 0.717) is 5.56 Å². The second kappa shape index (κ2) is 4.54. The summed E-state index contributed by atoms with van der Waals surface area (Å²) in [7, 11) is 0. The van der Waals surface area contributed by atoms with Gasteiger partial charge in [-0.3, -0.25) is 0 Å². The molecule has 0 aliphatic carbocycles. The summed E-state index contributed by atoms with van der Waals surface area (Å²) >= 11 is 5.74. The fourth-order valence-corrected chi connectivity index (χ4v) is 1.31. The average molecular weight is 234 g/mol. The Balaban J connectivity index is 2.99. The second-order valence-corrected chi connectivity index (χ2v) is 3.48. The predicted molar refractivity (Wildman–Crippen MR) is 50.3 cm³/mol. The molecule has 1 aromatic rings. The normalized spacial score (nSPS) is 13.3. The van der Waals surface area contributed by atoms with E-state index in [1.54, 1.807) is 0 Å². The van der Waals surface area contributed by atoms with Crippen LogP contribution in [-0.2, 0) is 6.18 Å². The van der Waals surface area contributed by atoms with Gasteiger partial charge in [-0.2, -0.15) is 18.4 Å². The highest BCUT2D eigenvalue weighted by Crippen LogP contribution is 2.32. The van der Waals surface area contributed by atoms with Crippen molar-refractivity contribution in [3.63, 3.8) is 0 Å². The van der Waals surface area contributed by atoms with Crippen LogP contribution in [0.5, 0.6) is 0 Å². The predicted octanol–water partition coefficient (Wildman–Crippen LogP) is 3.90. The molecule has 0 radical (unpaired) electrons. The van der Waals surface area contributed by atoms with Gasteiger partial charge >= 0.3 is 6.18 Å². The molecule has 0 spiro atoms. The molecule has 15 heavy (non-hydrogen) atoms. The third-order valence-electron chi connectivity index (χ3n) is 1.85. The molecule has 1 rings (SSSR count). The smallest absolute Gasteiger partial charge is 0.198 e. The molecule has 0 fully saturated rings. The summed E-state index contributed by atoms with van der Waals surface area (Å²) in [6.45, 7) is 0. The van der Waals surface area contributed by atoms with Crippen molar-refractivity contribution in [1.82, 2.24) is 0 Å². The first-order valence-corrected chi connectivity index (χ1v) is 4.57. The zero-order valence-corrected chi connectivity index (χ0v) is 8.31. The monoisotopic (exact) mass is 233 g/mol.